The number of nitrogens with one attached hydrogen (secondary N) is 1. The van der Waals surface area contributed by atoms with Crippen LogP contribution in [0.5, 0.6) is 0 Å². The van der Waals surface area contributed by atoms with E-state index in [4.69, 9.17) is 0 Å². The summed E-state index contributed by atoms with van der Waals surface area (Å²) in [5.74, 6) is 0. The van der Waals surface area contributed by atoms with Crippen LogP contribution < -0.4 is 5.32 Å². The second-order valence-corrected chi connectivity index (χ2v) is 5.48. The van der Waals surface area contributed by atoms with Crippen molar-refractivity contribution in [3.63, 3.8) is 0 Å². The van der Waals surface area contributed by atoms with Gasteiger partial charge in [0.1, 0.15) is 0 Å². The summed E-state index contributed by atoms with van der Waals surface area (Å²) < 4.78 is 2.24. The normalized spacial score (nSPS) is 17.7. The third-order valence-electron chi connectivity index (χ3n) is 4.11. The van der Waals surface area contributed by atoms with E-state index in [9.17, 15) is 0 Å². The van der Waals surface area contributed by atoms with Crippen LogP contribution in [0.2, 0.25) is 0 Å². The monoisotopic (exact) mass is 257 g/mol. The molecule has 1 aliphatic heterocycles. The van der Waals surface area contributed by atoms with Gasteiger partial charge in [-0.3, -0.25) is 0 Å². The summed E-state index contributed by atoms with van der Waals surface area (Å²) in [4.78, 5) is 2.59. The van der Waals surface area contributed by atoms with E-state index in [1.165, 1.54) is 49.1 Å². The van der Waals surface area contributed by atoms with Crippen molar-refractivity contribution < 1.29 is 0 Å². The van der Waals surface area contributed by atoms with Crippen LogP contribution in [0.3, 0.4) is 0 Å². The van der Waals surface area contributed by atoms with Crippen molar-refractivity contribution in [3.8, 4) is 0 Å². The SMILES string of the molecule is Cn1cc(CCN2CCCNCC2)c2ccccc21. The fraction of sp³-hybridized carbons (Fsp3) is 0.500. The lowest BCUT2D eigenvalue weighted by molar-refractivity contribution is 0.296. The molecule has 2 aromatic rings. The minimum atomic E-state index is 1.13. The summed E-state index contributed by atoms with van der Waals surface area (Å²) in [5.41, 5.74) is 2.82. The zero-order valence-corrected chi connectivity index (χ0v) is 11.7. The molecule has 19 heavy (non-hydrogen) atoms. The molecule has 1 aliphatic rings. The molecule has 0 spiro atoms. The molecular weight excluding hydrogens is 234 g/mol. The van der Waals surface area contributed by atoms with Crippen LogP contribution in [0.4, 0.5) is 0 Å². The maximum Gasteiger partial charge on any atom is 0.0480 e. The van der Waals surface area contributed by atoms with E-state index in [0.29, 0.717) is 0 Å². The number of hydrogen-bond donors (Lipinski definition) is 1. The number of fused-ring (bicyclic) bond motifs is 1. The molecule has 0 aliphatic carbocycles. The van der Waals surface area contributed by atoms with Crippen LogP contribution in [0, 0.1) is 0 Å². The number of aromatic nitrogens is 1. The van der Waals surface area contributed by atoms with Crippen molar-refractivity contribution >= 4 is 10.9 Å². The van der Waals surface area contributed by atoms with Gasteiger partial charge in [0, 0.05) is 43.8 Å². The van der Waals surface area contributed by atoms with Gasteiger partial charge in [0.15, 0.2) is 0 Å². The van der Waals surface area contributed by atoms with Crippen LogP contribution in [-0.4, -0.2) is 42.2 Å². The molecule has 2 heterocycles. The highest BCUT2D eigenvalue weighted by Gasteiger charge is 2.10. The zero-order valence-electron chi connectivity index (χ0n) is 11.7. The first-order valence-electron chi connectivity index (χ1n) is 7.30. The molecule has 3 nitrogen and oxygen atoms in total. The van der Waals surface area contributed by atoms with Crippen molar-refractivity contribution in [2.75, 3.05) is 32.7 Å². The molecular formula is C16H23N3. The van der Waals surface area contributed by atoms with Crippen molar-refractivity contribution in [2.45, 2.75) is 12.8 Å². The molecule has 1 aromatic carbocycles. The van der Waals surface area contributed by atoms with Gasteiger partial charge in [-0.1, -0.05) is 18.2 Å². The van der Waals surface area contributed by atoms with Gasteiger partial charge < -0.3 is 14.8 Å². The maximum absolute atomic E-state index is 3.46. The Morgan fingerprint density at radius 1 is 1.16 bits per heavy atom. The molecule has 1 N–H and O–H groups in total. The Balaban J connectivity index is 1.71. The number of benzene rings is 1. The van der Waals surface area contributed by atoms with Crippen LogP contribution in [0.15, 0.2) is 30.5 Å². The Hall–Kier alpha value is -1.32. The lowest BCUT2D eigenvalue weighted by Crippen LogP contribution is -2.30. The van der Waals surface area contributed by atoms with E-state index >= 15 is 0 Å². The van der Waals surface area contributed by atoms with E-state index in [1.54, 1.807) is 0 Å². The lowest BCUT2D eigenvalue weighted by atomic mass is 10.1. The third-order valence-corrected chi connectivity index (χ3v) is 4.11. The highest BCUT2D eigenvalue weighted by Crippen LogP contribution is 2.20. The highest BCUT2D eigenvalue weighted by atomic mass is 15.1. The van der Waals surface area contributed by atoms with Crippen LogP contribution in [-0.2, 0) is 13.5 Å². The number of rotatable bonds is 3. The Labute approximate surface area is 115 Å². The van der Waals surface area contributed by atoms with Gasteiger partial charge in [0.2, 0.25) is 0 Å². The van der Waals surface area contributed by atoms with E-state index in [1.807, 2.05) is 0 Å². The lowest BCUT2D eigenvalue weighted by Gasteiger charge is -2.18. The molecule has 3 heteroatoms. The molecule has 0 saturated carbocycles. The van der Waals surface area contributed by atoms with Gasteiger partial charge in [0.05, 0.1) is 0 Å². The Kier molecular flexibility index (Phi) is 3.85. The molecule has 0 radical (unpaired) electrons. The summed E-state index contributed by atoms with van der Waals surface area (Å²) in [6, 6.07) is 8.71. The van der Waals surface area contributed by atoms with Gasteiger partial charge in [-0.25, -0.2) is 0 Å². The summed E-state index contributed by atoms with van der Waals surface area (Å²) in [7, 11) is 2.14. The average Bonchev–Trinajstić information content (AvgIpc) is 2.63. The van der Waals surface area contributed by atoms with Crippen LogP contribution in [0.25, 0.3) is 10.9 Å². The molecule has 1 aromatic heterocycles. The number of nitrogens with zero attached hydrogens (tertiary/aromatic N) is 2. The zero-order chi connectivity index (χ0) is 13.1. The number of para-hydroxylation sites is 1. The van der Waals surface area contributed by atoms with E-state index < -0.39 is 0 Å². The van der Waals surface area contributed by atoms with Crippen LogP contribution in [0.1, 0.15) is 12.0 Å². The minimum absolute atomic E-state index is 1.13. The minimum Gasteiger partial charge on any atom is -0.350 e. The van der Waals surface area contributed by atoms with E-state index in [0.717, 1.165) is 13.0 Å². The predicted octanol–water partition coefficient (Wildman–Crippen LogP) is 2.02. The molecule has 0 unspecified atom stereocenters. The number of hydrogen-bond acceptors (Lipinski definition) is 2. The van der Waals surface area contributed by atoms with Gasteiger partial charge >= 0.3 is 0 Å². The fourth-order valence-electron chi connectivity index (χ4n) is 3.03. The second kappa shape index (κ2) is 5.76. The van der Waals surface area contributed by atoms with Crippen LogP contribution >= 0.6 is 0 Å². The molecule has 1 saturated heterocycles. The first-order valence-corrected chi connectivity index (χ1v) is 7.30. The first-order chi connectivity index (χ1) is 9.34. The predicted molar refractivity (Wildman–Crippen MR) is 80.5 cm³/mol. The van der Waals surface area contributed by atoms with Crippen molar-refractivity contribution in [1.29, 1.82) is 0 Å². The van der Waals surface area contributed by atoms with Crippen molar-refractivity contribution in [2.24, 2.45) is 7.05 Å². The Morgan fingerprint density at radius 2 is 2.05 bits per heavy atom. The Bertz CT molecular complexity index is 536. The highest BCUT2D eigenvalue weighted by molar-refractivity contribution is 5.83. The molecule has 0 amide bonds. The van der Waals surface area contributed by atoms with Gasteiger partial charge in [-0.2, -0.15) is 0 Å². The number of aryl methyl sites for hydroxylation is 1. The van der Waals surface area contributed by atoms with Crippen molar-refractivity contribution in [1.82, 2.24) is 14.8 Å². The standard InChI is InChI=1S/C16H23N3/c1-18-13-14(15-5-2-3-6-16(15)18)7-11-19-10-4-8-17-9-12-19/h2-3,5-6,13,17H,4,7-12H2,1H3. The first kappa shape index (κ1) is 12.7. The quantitative estimate of drug-likeness (QED) is 0.908. The largest absolute Gasteiger partial charge is 0.350 e. The fourth-order valence-corrected chi connectivity index (χ4v) is 3.03. The molecule has 1 fully saturated rings. The summed E-state index contributed by atoms with van der Waals surface area (Å²) >= 11 is 0. The average molecular weight is 257 g/mol. The van der Waals surface area contributed by atoms with Gasteiger partial charge in [0.25, 0.3) is 0 Å². The topological polar surface area (TPSA) is 20.2 Å². The maximum atomic E-state index is 3.46. The van der Waals surface area contributed by atoms with E-state index in [2.05, 4.69) is 52.3 Å². The molecule has 102 valence electrons. The summed E-state index contributed by atoms with van der Waals surface area (Å²) in [5, 5.41) is 4.88. The van der Waals surface area contributed by atoms with Crippen molar-refractivity contribution in [3.05, 3.63) is 36.0 Å². The smallest absolute Gasteiger partial charge is 0.0480 e. The van der Waals surface area contributed by atoms with Gasteiger partial charge in [-0.15, -0.1) is 0 Å². The van der Waals surface area contributed by atoms with E-state index in [-0.39, 0.29) is 0 Å². The molecule has 3 rings (SSSR count). The molecule has 0 atom stereocenters. The second-order valence-electron chi connectivity index (χ2n) is 5.48. The Morgan fingerprint density at radius 3 is 3.00 bits per heavy atom. The summed E-state index contributed by atoms with van der Waals surface area (Å²) in [6.45, 7) is 5.90. The molecule has 0 bridgehead atoms. The summed E-state index contributed by atoms with van der Waals surface area (Å²) in [6.07, 6.45) is 4.72. The third kappa shape index (κ3) is 2.82. The van der Waals surface area contributed by atoms with Gasteiger partial charge in [-0.05, 0) is 37.6 Å².